The van der Waals surface area contributed by atoms with E-state index in [-0.39, 0.29) is 5.91 Å². The Morgan fingerprint density at radius 1 is 1.07 bits per heavy atom. The first-order chi connectivity index (χ1) is 14.2. The van der Waals surface area contributed by atoms with Gasteiger partial charge in [-0.3, -0.25) is 4.79 Å². The molecule has 4 rings (SSSR count). The number of fused-ring (bicyclic) bond motifs is 2. The van der Waals surface area contributed by atoms with E-state index in [9.17, 15) is 4.79 Å². The molecule has 1 aliphatic heterocycles. The van der Waals surface area contributed by atoms with E-state index in [1.165, 1.54) is 21.2 Å². The molecule has 2 aromatic carbocycles. The number of pyridine rings is 1. The molecular weight excluding hydrogens is 380 g/mol. The van der Waals surface area contributed by atoms with Crippen molar-refractivity contribution >= 4 is 29.0 Å². The molecule has 0 spiro atoms. The first kappa shape index (κ1) is 19.0. The van der Waals surface area contributed by atoms with Gasteiger partial charge in [0.15, 0.2) is 0 Å². The molecule has 5 nitrogen and oxygen atoms in total. The van der Waals surface area contributed by atoms with Gasteiger partial charge >= 0.3 is 0 Å². The quantitative estimate of drug-likeness (QED) is 0.630. The molecule has 144 valence electrons. The summed E-state index contributed by atoms with van der Waals surface area (Å²) in [4.78, 5) is 21.4. The van der Waals surface area contributed by atoms with E-state index >= 15 is 0 Å². The number of nitriles is 1. The maximum atomic E-state index is 12.4. The zero-order valence-corrected chi connectivity index (χ0v) is 16.9. The van der Waals surface area contributed by atoms with E-state index in [1.54, 1.807) is 30.8 Å². The largest absolute Gasteiger partial charge is 0.351 e. The lowest BCUT2D eigenvalue weighted by Crippen LogP contribution is -2.29. The summed E-state index contributed by atoms with van der Waals surface area (Å²) in [6.07, 6.45) is 0.800. The third-order valence-electron chi connectivity index (χ3n) is 4.81. The molecule has 1 aliphatic rings. The van der Waals surface area contributed by atoms with Crippen LogP contribution in [0.1, 0.15) is 28.2 Å². The molecule has 6 heteroatoms. The Kier molecular flexibility index (Phi) is 5.50. The minimum atomic E-state index is -0.215. The average molecular weight is 401 g/mol. The second kappa shape index (κ2) is 8.38. The molecule has 0 unspecified atom stereocenters. The molecule has 0 radical (unpaired) electrons. The number of carbonyl (C=O) groups is 1. The van der Waals surface area contributed by atoms with Crippen LogP contribution in [0.3, 0.4) is 0 Å². The second-order valence-electron chi connectivity index (χ2n) is 6.74. The Balaban J connectivity index is 1.41. The highest BCUT2D eigenvalue weighted by molar-refractivity contribution is 7.99. The van der Waals surface area contributed by atoms with Crippen LogP contribution in [-0.2, 0) is 0 Å². The third-order valence-corrected chi connectivity index (χ3v) is 5.95. The van der Waals surface area contributed by atoms with Crippen molar-refractivity contribution < 1.29 is 4.79 Å². The number of hydrogen-bond donors (Lipinski definition) is 1. The monoisotopic (exact) mass is 400 g/mol. The Hall–Kier alpha value is -3.30. The van der Waals surface area contributed by atoms with Crippen molar-refractivity contribution in [1.29, 1.82) is 5.26 Å². The van der Waals surface area contributed by atoms with Gasteiger partial charge in [0.05, 0.1) is 22.6 Å². The van der Waals surface area contributed by atoms with Gasteiger partial charge in [-0.25, -0.2) is 4.98 Å². The molecule has 1 amide bonds. The number of rotatable bonds is 5. The van der Waals surface area contributed by atoms with Crippen LogP contribution >= 0.6 is 11.8 Å². The predicted molar refractivity (Wildman–Crippen MR) is 115 cm³/mol. The summed E-state index contributed by atoms with van der Waals surface area (Å²) in [5.74, 6) is -0.215. The molecule has 0 saturated heterocycles. The van der Waals surface area contributed by atoms with E-state index in [4.69, 9.17) is 5.26 Å². The molecule has 0 fully saturated rings. The summed E-state index contributed by atoms with van der Waals surface area (Å²) >= 11 is 1.79. The van der Waals surface area contributed by atoms with Crippen molar-refractivity contribution in [2.75, 3.05) is 18.0 Å². The Morgan fingerprint density at radius 3 is 2.34 bits per heavy atom. The minimum Gasteiger partial charge on any atom is -0.351 e. The van der Waals surface area contributed by atoms with E-state index in [0.29, 0.717) is 23.5 Å². The molecule has 0 bridgehead atoms. The smallest absolute Gasteiger partial charge is 0.269 e. The van der Waals surface area contributed by atoms with Gasteiger partial charge in [-0.1, -0.05) is 36.0 Å². The molecule has 3 aromatic rings. The molecule has 0 saturated carbocycles. The van der Waals surface area contributed by atoms with Crippen LogP contribution in [0.2, 0.25) is 0 Å². The van der Waals surface area contributed by atoms with Crippen LogP contribution in [0, 0.1) is 18.3 Å². The summed E-state index contributed by atoms with van der Waals surface area (Å²) < 4.78 is 0. The van der Waals surface area contributed by atoms with Crippen molar-refractivity contribution in [3.05, 3.63) is 77.6 Å². The summed E-state index contributed by atoms with van der Waals surface area (Å²) in [6, 6.07) is 22.1. The van der Waals surface area contributed by atoms with Gasteiger partial charge in [0, 0.05) is 22.9 Å². The number of hydrogen-bond acceptors (Lipinski definition) is 5. The Morgan fingerprint density at radius 2 is 1.72 bits per heavy atom. The van der Waals surface area contributed by atoms with E-state index in [0.717, 1.165) is 13.0 Å². The van der Waals surface area contributed by atoms with Crippen molar-refractivity contribution in [2.45, 2.75) is 23.1 Å². The molecule has 29 heavy (non-hydrogen) atoms. The van der Waals surface area contributed by atoms with Gasteiger partial charge < -0.3 is 10.2 Å². The summed E-state index contributed by atoms with van der Waals surface area (Å²) in [5, 5.41) is 11.9. The van der Waals surface area contributed by atoms with Gasteiger partial charge in [-0.15, -0.1) is 0 Å². The Bertz CT molecular complexity index is 1060. The summed E-state index contributed by atoms with van der Waals surface area (Å²) in [5.41, 5.74) is 3.80. The van der Waals surface area contributed by atoms with Crippen LogP contribution in [0.4, 0.5) is 11.4 Å². The van der Waals surface area contributed by atoms with Gasteiger partial charge in [0.25, 0.3) is 5.91 Å². The summed E-state index contributed by atoms with van der Waals surface area (Å²) in [7, 11) is 0. The molecule has 1 N–H and O–H groups in total. The lowest BCUT2D eigenvalue weighted by Gasteiger charge is -2.32. The van der Waals surface area contributed by atoms with Crippen LogP contribution in [0.25, 0.3) is 0 Å². The number of aryl methyl sites for hydroxylation is 1. The topological polar surface area (TPSA) is 69.0 Å². The van der Waals surface area contributed by atoms with Crippen LogP contribution < -0.4 is 10.2 Å². The number of carbonyl (C=O) groups excluding carboxylic acids is 1. The standard InChI is InChI=1S/C23H20N4OS/c1-16-17(15-24)11-12-18(26-16)23(28)25-13-6-14-27-19-7-2-4-9-21(19)29-22-10-5-3-8-20(22)27/h2-5,7-12H,6,13-14H2,1H3,(H,25,28). The van der Waals surface area contributed by atoms with Crippen molar-refractivity contribution in [2.24, 2.45) is 0 Å². The number of nitrogens with zero attached hydrogens (tertiary/aromatic N) is 3. The number of para-hydroxylation sites is 2. The highest BCUT2D eigenvalue weighted by atomic mass is 32.2. The fraction of sp³-hybridized carbons (Fsp3) is 0.174. The SMILES string of the molecule is Cc1nc(C(=O)NCCCN2c3ccccc3Sc3ccccc32)ccc1C#N. The summed E-state index contributed by atoms with van der Waals surface area (Å²) in [6.45, 7) is 3.08. The van der Waals surface area contributed by atoms with Crippen LogP contribution in [0.5, 0.6) is 0 Å². The normalized spacial score (nSPS) is 11.9. The van der Waals surface area contributed by atoms with E-state index in [2.05, 4.69) is 69.8 Å². The lowest BCUT2D eigenvalue weighted by molar-refractivity contribution is 0.0948. The Labute approximate surface area is 174 Å². The first-order valence-electron chi connectivity index (χ1n) is 9.47. The average Bonchev–Trinajstić information content (AvgIpc) is 2.75. The number of anilines is 2. The molecule has 1 aromatic heterocycles. The fourth-order valence-electron chi connectivity index (χ4n) is 3.36. The maximum Gasteiger partial charge on any atom is 0.269 e. The molecule has 2 heterocycles. The zero-order valence-electron chi connectivity index (χ0n) is 16.1. The van der Waals surface area contributed by atoms with E-state index < -0.39 is 0 Å². The van der Waals surface area contributed by atoms with Gasteiger partial charge in [0.1, 0.15) is 11.8 Å². The number of nitrogens with one attached hydrogen (secondary N) is 1. The van der Waals surface area contributed by atoms with Crippen LogP contribution in [0.15, 0.2) is 70.5 Å². The number of benzene rings is 2. The molecule has 0 atom stereocenters. The first-order valence-corrected chi connectivity index (χ1v) is 10.3. The van der Waals surface area contributed by atoms with Crippen LogP contribution in [-0.4, -0.2) is 24.0 Å². The zero-order chi connectivity index (χ0) is 20.2. The van der Waals surface area contributed by atoms with E-state index in [1.807, 2.05) is 0 Å². The van der Waals surface area contributed by atoms with Crippen molar-refractivity contribution in [3.8, 4) is 6.07 Å². The third kappa shape index (κ3) is 3.96. The molecule has 0 aliphatic carbocycles. The van der Waals surface area contributed by atoms with Gasteiger partial charge in [-0.05, 0) is 49.7 Å². The lowest BCUT2D eigenvalue weighted by atomic mass is 10.2. The van der Waals surface area contributed by atoms with Crippen molar-refractivity contribution in [1.82, 2.24) is 10.3 Å². The minimum absolute atomic E-state index is 0.215. The highest BCUT2D eigenvalue weighted by Gasteiger charge is 2.22. The predicted octanol–water partition coefficient (Wildman–Crippen LogP) is 4.68. The fourth-order valence-corrected chi connectivity index (χ4v) is 4.45. The van der Waals surface area contributed by atoms with Gasteiger partial charge in [-0.2, -0.15) is 5.26 Å². The van der Waals surface area contributed by atoms with Crippen molar-refractivity contribution in [3.63, 3.8) is 0 Å². The molecular formula is C23H20N4OS. The van der Waals surface area contributed by atoms with Gasteiger partial charge in [0.2, 0.25) is 0 Å². The maximum absolute atomic E-state index is 12.4. The highest BCUT2D eigenvalue weighted by Crippen LogP contribution is 2.47. The second-order valence-corrected chi connectivity index (χ2v) is 7.82. The number of amides is 1. The number of aromatic nitrogens is 1.